The van der Waals surface area contributed by atoms with Crippen molar-refractivity contribution >= 4 is 21.6 Å². The zero-order chi connectivity index (χ0) is 20.0. The van der Waals surface area contributed by atoms with Gasteiger partial charge >= 0.3 is 0 Å². The van der Waals surface area contributed by atoms with Crippen molar-refractivity contribution in [3.63, 3.8) is 0 Å². The van der Waals surface area contributed by atoms with Gasteiger partial charge in [0, 0.05) is 26.3 Å². The van der Waals surface area contributed by atoms with Crippen molar-refractivity contribution in [2.45, 2.75) is 24.8 Å². The summed E-state index contributed by atoms with van der Waals surface area (Å²) < 4.78 is 25.3. The second-order valence-corrected chi connectivity index (χ2v) is 8.85. The van der Waals surface area contributed by atoms with Gasteiger partial charge < -0.3 is 5.32 Å². The normalized spacial score (nSPS) is 11.8. The summed E-state index contributed by atoms with van der Waals surface area (Å²) in [6.45, 7) is 3.04. The average Bonchev–Trinajstić information content (AvgIpc) is 2.62. The summed E-state index contributed by atoms with van der Waals surface area (Å²) in [5.41, 5.74) is 3.01. The first-order valence-corrected chi connectivity index (χ1v) is 10.2. The summed E-state index contributed by atoms with van der Waals surface area (Å²) in [5.74, 6) is -0.147. The lowest BCUT2D eigenvalue weighted by Crippen LogP contribution is -2.29. The Hall–Kier alpha value is -2.22. The maximum atomic E-state index is 12.2. The van der Waals surface area contributed by atoms with Crippen molar-refractivity contribution in [3.8, 4) is 0 Å². The third-order valence-corrected chi connectivity index (χ3v) is 6.04. The molecule has 1 amide bonds. The number of hydrogen-bond acceptors (Lipinski definition) is 4. The number of carbonyl (C=O) groups is 1. The Balaban J connectivity index is 1.91. The fourth-order valence-corrected chi connectivity index (χ4v) is 3.52. The van der Waals surface area contributed by atoms with Gasteiger partial charge in [-0.05, 0) is 48.9 Å². The van der Waals surface area contributed by atoms with Crippen LogP contribution >= 0.6 is 0 Å². The van der Waals surface area contributed by atoms with Gasteiger partial charge in [0.1, 0.15) is 0 Å². The summed E-state index contributed by atoms with van der Waals surface area (Å²) in [6.07, 6.45) is 1.01. The summed E-state index contributed by atoms with van der Waals surface area (Å²) in [6, 6.07) is 14.5. The molecule has 0 atom stereocenters. The van der Waals surface area contributed by atoms with E-state index in [-0.39, 0.29) is 17.3 Å². The summed E-state index contributed by atoms with van der Waals surface area (Å²) in [7, 11) is 1.39. The Morgan fingerprint density at radius 3 is 2.00 bits per heavy atom. The predicted octanol–water partition coefficient (Wildman–Crippen LogP) is 2.57. The number of anilines is 1. The molecule has 27 heavy (non-hydrogen) atoms. The molecule has 0 spiro atoms. The monoisotopic (exact) mass is 389 g/mol. The van der Waals surface area contributed by atoms with E-state index in [1.54, 1.807) is 12.1 Å². The van der Waals surface area contributed by atoms with Crippen LogP contribution in [0.2, 0.25) is 0 Å². The van der Waals surface area contributed by atoms with Gasteiger partial charge in [-0.15, -0.1) is 0 Å². The number of carbonyl (C=O) groups excluding carboxylic acids is 1. The minimum atomic E-state index is -3.47. The molecule has 1 N–H and O–H groups in total. The van der Waals surface area contributed by atoms with Crippen molar-refractivity contribution in [1.82, 2.24) is 9.21 Å². The van der Waals surface area contributed by atoms with Gasteiger partial charge in [-0.3, -0.25) is 9.69 Å². The third-order valence-electron chi connectivity index (χ3n) is 4.21. The van der Waals surface area contributed by atoms with Gasteiger partial charge in [0.15, 0.2) is 0 Å². The largest absolute Gasteiger partial charge is 0.325 e. The van der Waals surface area contributed by atoms with E-state index in [0.29, 0.717) is 12.2 Å². The number of nitrogens with one attached hydrogen (secondary N) is 1. The molecule has 0 heterocycles. The summed E-state index contributed by atoms with van der Waals surface area (Å²) >= 11 is 0. The number of aryl methyl sites for hydroxylation is 1. The smallest absolute Gasteiger partial charge is 0.242 e. The molecule has 2 aromatic rings. The van der Waals surface area contributed by atoms with Crippen LogP contribution in [0.25, 0.3) is 0 Å². The molecular weight excluding hydrogens is 362 g/mol. The first-order valence-electron chi connectivity index (χ1n) is 8.81. The summed E-state index contributed by atoms with van der Waals surface area (Å²) in [5, 5.41) is 2.80. The van der Waals surface area contributed by atoms with Gasteiger partial charge in [0.05, 0.1) is 11.4 Å². The number of amides is 1. The molecule has 0 radical (unpaired) electrons. The van der Waals surface area contributed by atoms with Crippen LogP contribution in [0.1, 0.15) is 18.1 Å². The molecule has 0 aliphatic carbocycles. The third kappa shape index (κ3) is 5.89. The van der Waals surface area contributed by atoms with Crippen LogP contribution < -0.4 is 5.32 Å². The van der Waals surface area contributed by atoms with Crippen LogP contribution in [-0.2, 0) is 27.8 Å². The lowest BCUT2D eigenvalue weighted by Gasteiger charge is -2.17. The van der Waals surface area contributed by atoms with E-state index in [1.807, 2.05) is 11.9 Å². The molecule has 7 heteroatoms. The SMILES string of the molecule is CCc1ccc(CN(C)CC(=O)Nc2ccc(S(=O)(=O)N(C)C)cc2)cc1. The van der Waals surface area contributed by atoms with Crippen LogP contribution in [0.15, 0.2) is 53.4 Å². The Morgan fingerprint density at radius 1 is 0.926 bits per heavy atom. The van der Waals surface area contributed by atoms with E-state index >= 15 is 0 Å². The molecule has 0 saturated carbocycles. The lowest BCUT2D eigenvalue weighted by atomic mass is 10.1. The van der Waals surface area contributed by atoms with Gasteiger partial charge in [0.25, 0.3) is 0 Å². The Morgan fingerprint density at radius 2 is 1.48 bits per heavy atom. The van der Waals surface area contributed by atoms with E-state index in [2.05, 4.69) is 36.5 Å². The molecule has 0 saturated heterocycles. The van der Waals surface area contributed by atoms with E-state index in [9.17, 15) is 13.2 Å². The molecule has 0 aliphatic heterocycles. The minimum absolute atomic E-state index is 0.147. The number of likely N-dealkylation sites (N-methyl/N-ethyl adjacent to an activating group) is 1. The van der Waals surface area contributed by atoms with Crippen LogP contribution in [-0.4, -0.2) is 51.2 Å². The fraction of sp³-hybridized carbons (Fsp3) is 0.350. The van der Waals surface area contributed by atoms with Crippen molar-refractivity contribution in [2.75, 3.05) is 33.0 Å². The average molecular weight is 390 g/mol. The predicted molar refractivity (Wildman–Crippen MR) is 108 cm³/mol. The zero-order valence-electron chi connectivity index (χ0n) is 16.3. The van der Waals surface area contributed by atoms with Crippen molar-refractivity contribution < 1.29 is 13.2 Å². The molecule has 0 bridgehead atoms. The number of nitrogens with zero attached hydrogens (tertiary/aromatic N) is 2. The molecule has 0 aliphatic rings. The number of rotatable bonds is 8. The molecule has 0 aromatic heterocycles. The highest BCUT2D eigenvalue weighted by Crippen LogP contribution is 2.16. The first-order chi connectivity index (χ1) is 12.7. The maximum absolute atomic E-state index is 12.2. The van der Waals surface area contributed by atoms with Crippen molar-refractivity contribution in [3.05, 3.63) is 59.7 Å². The van der Waals surface area contributed by atoms with Crippen LogP contribution in [0.4, 0.5) is 5.69 Å². The number of sulfonamides is 1. The second kappa shape index (κ2) is 9.12. The van der Waals surface area contributed by atoms with E-state index in [1.165, 1.54) is 31.8 Å². The Labute approximate surface area is 161 Å². The highest BCUT2D eigenvalue weighted by Gasteiger charge is 2.17. The van der Waals surface area contributed by atoms with Gasteiger partial charge in [-0.1, -0.05) is 31.2 Å². The lowest BCUT2D eigenvalue weighted by molar-refractivity contribution is -0.117. The van der Waals surface area contributed by atoms with Gasteiger partial charge in [-0.2, -0.15) is 0 Å². The van der Waals surface area contributed by atoms with Gasteiger partial charge in [-0.25, -0.2) is 12.7 Å². The van der Waals surface area contributed by atoms with E-state index in [0.717, 1.165) is 16.3 Å². The standard InChI is InChI=1S/C20H27N3O3S/c1-5-16-6-8-17(9-7-16)14-23(4)15-20(24)21-18-10-12-19(13-11-18)27(25,26)22(2)3/h6-13H,5,14-15H2,1-4H3,(H,21,24). The molecule has 0 fully saturated rings. The molecule has 6 nitrogen and oxygen atoms in total. The maximum Gasteiger partial charge on any atom is 0.242 e. The highest BCUT2D eigenvalue weighted by molar-refractivity contribution is 7.89. The Bertz CT molecular complexity index is 860. The first kappa shape index (κ1) is 21.1. The molecule has 2 rings (SSSR count). The van der Waals surface area contributed by atoms with Crippen molar-refractivity contribution in [2.24, 2.45) is 0 Å². The van der Waals surface area contributed by atoms with Crippen LogP contribution in [0.5, 0.6) is 0 Å². The number of benzene rings is 2. The topological polar surface area (TPSA) is 69.7 Å². The fourth-order valence-electron chi connectivity index (χ4n) is 2.61. The van der Waals surface area contributed by atoms with Crippen LogP contribution in [0.3, 0.4) is 0 Å². The van der Waals surface area contributed by atoms with Crippen molar-refractivity contribution in [1.29, 1.82) is 0 Å². The van der Waals surface area contributed by atoms with E-state index < -0.39 is 10.0 Å². The van der Waals surface area contributed by atoms with Gasteiger partial charge in [0.2, 0.25) is 15.9 Å². The zero-order valence-corrected chi connectivity index (χ0v) is 17.1. The molecular formula is C20H27N3O3S. The van der Waals surface area contributed by atoms with Crippen LogP contribution in [0, 0.1) is 0 Å². The second-order valence-electron chi connectivity index (χ2n) is 6.70. The highest BCUT2D eigenvalue weighted by atomic mass is 32.2. The number of hydrogen-bond donors (Lipinski definition) is 1. The molecule has 146 valence electrons. The molecule has 2 aromatic carbocycles. The van der Waals surface area contributed by atoms with E-state index in [4.69, 9.17) is 0 Å². The minimum Gasteiger partial charge on any atom is -0.325 e. The Kier molecular flexibility index (Phi) is 7.12. The molecule has 0 unspecified atom stereocenters. The quantitative estimate of drug-likeness (QED) is 0.753. The summed E-state index contributed by atoms with van der Waals surface area (Å²) in [4.78, 5) is 14.3.